The quantitative estimate of drug-likeness (QED) is 0.127. The molecule has 1 aromatic rings. The first-order chi connectivity index (χ1) is 19.7. The average Bonchev–Trinajstić information content (AvgIpc) is 3.50. The molecule has 2 heterocycles. The van der Waals surface area contributed by atoms with Crippen molar-refractivity contribution in [1.82, 2.24) is 15.2 Å². The third kappa shape index (κ3) is 16.8. The average molecular weight is 546 g/mol. The van der Waals surface area contributed by atoms with Crippen molar-refractivity contribution in [3.63, 3.8) is 0 Å². The fourth-order valence-corrected chi connectivity index (χ4v) is 4.49. The van der Waals surface area contributed by atoms with E-state index in [-0.39, 0.29) is 11.7 Å². The van der Waals surface area contributed by atoms with Crippen LogP contribution in [0.15, 0.2) is 79.1 Å². The van der Waals surface area contributed by atoms with Gasteiger partial charge >= 0.3 is 0 Å². The minimum absolute atomic E-state index is 0.121. The van der Waals surface area contributed by atoms with Gasteiger partial charge in [-0.05, 0) is 89.4 Å². The van der Waals surface area contributed by atoms with Crippen LogP contribution < -0.4 is 5.32 Å². The van der Waals surface area contributed by atoms with Crippen LogP contribution in [0.2, 0.25) is 0 Å². The van der Waals surface area contributed by atoms with E-state index in [0.29, 0.717) is 31.4 Å². The predicted molar refractivity (Wildman–Crippen MR) is 168 cm³/mol. The number of hydrogen-bond acceptors (Lipinski definition) is 4. The van der Waals surface area contributed by atoms with Crippen LogP contribution in [-0.4, -0.2) is 47.8 Å². The molecule has 1 N–H and O–H groups in total. The molecule has 1 amide bonds. The number of aromatic nitrogens is 1. The van der Waals surface area contributed by atoms with Crippen LogP contribution in [0.3, 0.4) is 0 Å². The van der Waals surface area contributed by atoms with Crippen molar-refractivity contribution in [3.05, 3.63) is 90.3 Å². The minimum atomic E-state index is -0.121. The van der Waals surface area contributed by atoms with E-state index in [4.69, 9.17) is 0 Å². The van der Waals surface area contributed by atoms with E-state index in [2.05, 4.69) is 82.9 Å². The molecular weight excluding hydrogens is 494 g/mol. The lowest BCUT2D eigenvalue weighted by Gasteiger charge is -2.13. The number of amides is 1. The number of nitrogens with zero attached hydrogens (tertiary/aromatic N) is 2. The van der Waals surface area contributed by atoms with Gasteiger partial charge in [0.1, 0.15) is 5.78 Å². The molecule has 1 fully saturated rings. The highest BCUT2D eigenvalue weighted by Gasteiger charge is 2.12. The number of hydrogen-bond donors (Lipinski definition) is 1. The third-order valence-corrected chi connectivity index (χ3v) is 6.87. The zero-order valence-corrected chi connectivity index (χ0v) is 24.7. The highest BCUT2D eigenvalue weighted by Crippen LogP contribution is 2.09. The molecule has 1 aliphatic rings. The molecule has 40 heavy (non-hydrogen) atoms. The summed E-state index contributed by atoms with van der Waals surface area (Å²) in [4.78, 5) is 31.4. The van der Waals surface area contributed by atoms with Gasteiger partial charge in [0.25, 0.3) is 5.91 Å². The molecule has 0 atom stereocenters. The number of ketones is 1. The van der Waals surface area contributed by atoms with Gasteiger partial charge < -0.3 is 10.2 Å². The van der Waals surface area contributed by atoms with Crippen molar-refractivity contribution >= 4 is 11.7 Å². The Labute approximate surface area is 243 Å². The van der Waals surface area contributed by atoms with E-state index < -0.39 is 0 Å². The first-order valence-corrected chi connectivity index (χ1v) is 15.4. The van der Waals surface area contributed by atoms with E-state index in [1.807, 2.05) is 12.1 Å². The Morgan fingerprint density at radius 3 is 2.02 bits per heavy atom. The van der Waals surface area contributed by atoms with Crippen molar-refractivity contribution < 1.29 is 9.59 Å². The third-order valence-electron chi connectivity index (χ3n) is 6.87. The number of carbonyl (C=O) groups excluding carboxylic acids is 2. The second-order valence-corrected chi connectivity index (χ2v) is 10.3. The van der Waals surface area contributed by atoms with E-state index in [0.717, 1.165) is 63.6 Å². The van der Waals surface area contributed by atoms with Crippen LogP contribution in [0.1, 0.15) is 100 Å². The Bertz CT molecular complexity index is 967. The lowest BCUT2D eigenvalue weighted by Crippen LogP contribution is -2.25. The number of carbonyl (C=O) groups is 2. The number of nitrogens with one attached hydrogen (secondary N) is 1. The first-order valence-electron chi connectivity index (χ1n) is 15.4. The zero-order valence-electron chi connectivity index (χ0n) is 24.7. The Morgan fingerprint density at radius 2 is 1.43 bits per heavy atom. The molecule has 0 aliphatic carbocycles. The topological polar surface area (TPSA) is 62.3 Å². The molecule has 1 aliphatic heterocycles. The number of Topliss-reactive ketones (excluding diaryl/α,β-unsaturated/α-hetero) is 1. The standard InChI is InChI=1S/C35H51N3O2/c1-2-3-4-5-6-7-8-9-10-11-12-13-14-15-16-17-18-22-34(39)23-21-27-36-35(40)32-24-25-33(37-31-32)26-30-38-28-19-20-29-38/h3-4,6-7,9-10,12-13,15-16,24-25,31H,2,5,8,11,14,17-23,26-30H2,1H3,(H,36,40)/b4-3-,7-6-,10-9-,13-12-,16-15-. The monoisotopic (exact) mass is 545 g/mol. The number of unbranched alkanes of at least 4 members (excludes halogenated alkanes) is 1. The van der Waals surface area contributed by atoms with E-state index in [9.17, 15) is 9.59 Å². The first kappa shape index (κ1) is 33.2. The lowest BCUT2D eigenvalue weighted by atomic mass is 10.1. The van der Waals surface area contributed by atoms with Crippen LogP contribution >= 0.6 is 0 Å². The summed E-state index contributed by atoms with van der Waals surface area (Å²) < 4.78 is 0. The van der Waals surface area contributed by atoms with Gasteiger partial charge in [0, 0.05) is 44.2 Å². The molecule has 0 spiro atoms. The Kier molecular flexibility index (Phi) is 18.8. The molecule has 5 heteroatoms. The van der Waals surface area contributed by atoms with Crippen molar-refractivity contribution in [2.75, 3.05) is 26.2 Å². The highest BCUT2D eigenvalue weighted by molar-refractivity contribution is 5.93. The van der Waals surface area contributed by atoms with Crippen molar-refractivity contribution in [2.24, 2.45) is 0 Å². The maximum Gasteiger partial charge on any atom is 0.252 e. The van der Waals surface area contributed by atoms with E-state index >= 15 is 0 Å². The molecular formula is C35H51N3O2. The molecule has 0 saturated carbocycles. The summed E-state index contributed by atoms with van der Waals surface area (Å²) >= 11 is 0. The molecule has 0 aromatic carbocycles. The second-order valence-electron chi connectivity index (χ2n) is 10.3. The normalized spacial score (nSPS) is 14.6. The molecule has 0 bridgehead atoms. The fourth-order valence-electron chi connectivity index (χ4n) is 4.49. The van der Waals surface area contributed by atoms with Gasteiger partial charge in [0.2, 0.25) is 0 Å². The van der Waals surface area contributed by atoms with Gasteiger partial charge in [-0.2, -0.15) is 0 Å². The van der Waals surface area contributed by atoms with Gasteiger partial charge in [0.15, 0.2) is 0 Å². The largest absolute Gasteiger partial charge is 0.352 e. The van der Waals surface area contributed by atoms with Crippen LogP contribution in [-0.2, 0) is 11.2 Å². The maximum atomic E-state index is 12.3. The predicted octanol–water partition coefficient (Wildman–Crippen LogP) is 7.72. The van der Waals surface area contributed by atoms with Gasteiger partial charge in [-0.15, -0.1) is 0 Å². The molecule has 1 saturated heterocycles. The summed E-state index contributed by atoms with van der Waals surface area (Å²) in [5.41, 5.74) is 1.60. The summed E-state index contributed by atoms with van der Waals surface area (Å²) in [6.45, 7) is 6.07. The second kappa shape index (κ2) is 22.7. The van der Waals surface area contributed by atoms with Crippen molar-refractivity contribution in [1.29, 1.82) is 0 Å². The fraction of sp³-hybridized carbons (Fsp3) is 0.514. The lowest BCUT2D eigenvalue weighted by molar-refractivity contribution is -0.119. The Morgan fingerprint density at radius 1 is 0.825 bits per heavy atom. The minimum Gasteiger partial charge on any atom is -0.352 e. The summed E-state index contributed by atoms with van der Waals surface area (Å²) in [7, 11) is 0. The molecule has 0 unspecified atom stereocenters. The van der Waals surface area contributed by atoms with Crippen molar-refractivity contribution in [2.45, 2.75) is 90.4 Å². The van der Waals surface area contributed by atoms with Gasteiger partial charge in [-0.1, -0.05) is 67.7 Å². The molecule has 5 nitrogen and oxygen atoms in total. The summed E-state index contributed by atoms with van der Waals surface area (Å²) in [5.74, 6) is 0.148. The Balaban J connectivity index is 1.43. The van der Waals surface area contributed by atoms with E-state index in [1.165, 1.54) is 25.9 Å². The van der Waals surface area contributed by atoms with Gasteiger partial charge in [-0.3, -0.25) is 14.6 Å². The molecule has 0 radical (unpaired) electrons. The maximum absolute atomic E-state index is 12.3. The molecule has 1 aromatic heterocycles. The highest BCUT2D eigenvalue weighted by atomic mass is 16.1. The SMILES string of the molecule is CC/C=C\C/C=C\C/C=C\C/C=C\C/C=C\CCCC(=O)CCCNC(=O)c1ccc(CCN2CCCC2)nc1. The molecule has 2 rings (SSSR count). The van der Waals surface area contributed by atoms with Gasteiger partial charge in [0.05, 0.1) is 5.56 Å². The number of likely N-dealkylation sites (tertiary alicyclic amines) is 1. The van der Waals surface area contributed by atoms with Crippen LogP contribution in [0.25, 0.3) is 0 Å². The number of allylic oxidation sites excluding steroid dienone is 10. The Hall–Kier alpha value is -3.05. The van der Waals surface area contributed by atoms with Crippen LogP contribution in [0.5, 0.6) is 0 Å². The molecule has 218 valence electrons. The van der Waals surface area contributed by atoms with Crippen molar-refractivity contribution in [3.8, 4) is 0 Å². The summed E-state index contributed by atoms with van der Waals surface area (Å²) in [6.07, 6.45) is 35.7. The number of rotatable bonds is 21. The smallest absolute Gasteiger partial charge is 0.252 e. The summed E-state index contributed by atoms with van der Waals surface area (Å²) in [5, 5.41) is 2.91. The van der Waals surface area contributed by atoms with Crippen LogP contribution in [0.4, 0.5) is 0 Å². The van der Waals surface area contributed by atoms with Gasteiger partial charge in [-0.25, -0.2) is 0 Å². The van der Waals surface area contributed by atoms with E-state index in [1.54, 1.807) is 6.20 Å². The van der Waals surface area contributed by atoms with Crippen LogP contribution in [0, 0.1) is 0 Å². The number of pyridine rings is 1. The summed E-state index contributed by atoms with van der Waals surface area (Å²) in [6, 6.07) is 3.80. The zero-order chi connectivity index (χ0) is 28.5.